The Morgan fingerprint density at radius 3 is 2.68 bits per heavy atom. The van der Waals surface area contributed by atoms with Crippen LogP contribution in [-0.2, 0) is 4.79 Å². The van der Waals surface area contributed by atoms with Crippen LogP contribution in [0.2, 0.25) is 0 Å². The first kappa shape index (κ1) is 16.6. The second kappa shape index (κ2) is 6.56. The average Bonchev–Trinajstić information content (AvgIpc) is 3.32. The van der Waals surface area contributed by atoms with Gasteiger partial charge in [-0.15, -0.1) is 0 Å². The highest BCUT2D eigenvalue weighted by atomic mass is 16.2. The number of hydrogen-bond donors (Lipinski definition) is 0. The monoisotopic (exact) mass is 369 g/mol. The Labute approximate surface area is 162 Å². The minimum Gasteiger partial charge on any atom is -0.289 e. The van der Waals surface area contributed by atoms with Gasteiger partial charge in [-0.25, -0.2) is 4.98 Å². The van der Waals surface area contributed by atoms with Crippen molar-refractivity contribution in [1.29, 1.82) is 0 Å². The predicted molar refractivity (Wildman–Crippen MR) is 107 cm³/mol. The standard InChI is InChI=1S/C22H19N5O/c1-15-13-20(26-19(10-11-21(26)28)16-7-3-2-4-8-16)27-22(25-15)17(14-24-27)18-9-5-6-12-23-18/h2-9,12-14,19H,10-11H2,1H3. The molecule has 0 bridgehead atoms. The minimum absolute atomic E-state index is 0.00111. The second-order valence-electron chi connectivity index (χ2n) is 6.99. The molecule has 1 aliphatic heterocycles. The van der Waals surface area contributed by atoms with Crippen LogP contribution in [0.1, 0.15) is 30.1 Å². The van der Waals surface area contributed by atoms with Crippen molar-refractivity contribution in [2.75, 3.05) is 4.90 Å². The number of benzene rings is 1. The molecule has 1 fully saturated rings. The van der Waals surface area contributed by atoms with Gasteiger partial charge in [0, 0.05) is 24.4 Å². The van der Waals surface area contributed by atoms with E-state index in [9.17, 15) is 4.79 Å². The van der Waals surface area contributed by atoms with Gasteiger partial charge in [-0.1, -0.05) is 36.4 Å². The van der Waals surface area contributed by atoms with E-state index in [1.165, 1.54) is 0 Å². The van der Waals surface area contributed by atoms with E-state index in [-0.39, 0.29) is 11.9 Å². The number of carbonyl (C=O) groups excluding carboxylic acids is 1. The normalized spacial score (nSPS) is 16.8. The van der Waals surface area contributed by atoms with Gasteiger partial charge in [0.15, 0.2) is 5.65 Å². The lowest BCUT2D eigenvalue weighted by Gasteiger charge is -2.25. The molecule has 0 saturated carbocycles. The number of rotatable bonds is 3. The van der Waals surface area contributed by atoms with Gasteiger partial charge in [0.2, 0.25) is 5.91 Å². The zero-order valence-corrected chi connectivity index (χ0v) is 15.5. The van der Waals surface area contributed by atoms with Crippen LogP contribution in [0.25, 0.3) is 16.9 Å². The third-order valence-corrected chi connectivity index (χ3v) is 5.17. The number of carbonyl (C=O) groups is 1. The Morgan fingerprint density at radius 1 is 1.07 bits per heavy atom. The number of amides is 1. The molecule has 4 aromatic rings. The number of pyridine rings is 1. The molecule has 1 atom stereocenters. The Morgan fingerprint density at radius 2 is 1.89 bits per heavy atom. The molecule has 5 rings (SSSR count). The van der Waals surface area contributed by atoms with Gasteiger partial charge in [-0.05, 0) is 31.0 Å². The van der Waals surface area contributed by atoms with Crippen molar-refractivity contribution < 1.29 is 4.79 Å². The summed E-state index contributed by atoms with van der Waals surface area (Å²) in [4.78, 5) is 23.8. The maximum atomic E-state index is 12.8. The molecule has 0 N–H and O–H groups in total. The van der Waals surface area contributed by atoms with Gasteiger partial charge in [0.1, 0.15) is 5.82 Å². The fourth-order valence-corrected chi connectivity index (χ4v) is 3.90. The van der Waals surface area contributed by atoms with Crippen LogP contribution in [-0.4, -0.2) is 25.5 Å². The molecule has 6 nitrogen and oxygen atoms in total. The molecular weight excluding hydrogens is 350 g/mol. The summed E-state index contributed by atoms with van der Waals surface area (Å²) in [5.74, 6) is 0.858. The van der Waals surface area contributed by atoms with Crippen LogP contribution in [0.4, 0.5) is 5.82 Å². The van der Waals surface area contributed by atoms with Crippen LogP contribution >= 0.6 is 0 Å². The molecule has 138 valence electrons. The third-order valence-electron chi connectivity index (χ3n) is 5.17. The van der Waals surface area contributed by atoms with E-state index in [0.717, 1.165) is 34.8 Å². The van der Waals surface area contributed by atoms with Crippen molar-refractivity contribution in [3.05, 3.63) is 78.2 Å². The molecule has 1 unspecified atom stereocenters. The van der Waals surface area contributed by atoms with Crippen LogP contribution in [0.15, 0.2) is 67.0 Å². The Balaban J connectivity index is 1.68. The number of anilines is 1. The summed E-state index contributed by atoms with van der Waals surface area (Å²) >= 11 is 0. The topological polar surface area (TPSA) is 63.4 Å². The van der Waals surface area contributed by atoms with Crippen molar-refractivity contribution in [2.45, 2.75) is 25.8 Å². The first-order valence-corrected chi connectivity index (χ1v) is 9.36. The largest absolute Gasteiger partial charge is 0.289 e. The third kappa shape index (κ3) is 2.65. The van der Waals surface area contributed by atoms with Gasteiger partial charge in [0.05, 0.1) is 23.5 Å². The van der Waals surface area contributed by atoms with Gasteiger partial charge < -0.3 is 0 Å². The Bertz CT molecular complexity index is 1150. The van der Waals surface area contributed by atoms with Crippen molar-refractivity contribution >= 4 is 17.4 Å². The van der Waals surface area contributed by atoms with Gasteiger partial charge in [-0.3, -0.25) is 14.7 Å². The van der Waals surface area contributed by atoms with Crippen molar-refractivity contribution in [3.8, 4) is 11.3 Å². The summed E-state index contributed by atoms with van der Waals surface area (Å²) in [7, 11) is 0. The highest BCUT2D eigenvalue weighted by molar-refractivity contribution is 5.96. The maximum absolute atomic E-state index is 12.8. The number of fused-ring (bicyclic) bond motifs is 1. The molecule has 28 heavy (non-hydrogen) atoms. The highest BCUT2D eigenvalue weighted by Crippen LogP contribution is 2.37. The van der Waals surface area contributed by atoms with Gasteiger partial charge in [0.25, 0.3) is 0 Å². The maximum Gasteiger partial charge on any atom is 0.228 e. The highest BCUT2D eigenvalue weighted by Gasteiger charge is 2.35. The number of aryl methyl sites for hydroxylation is 1. The average molecular weight is 369 g/mol. The van der Waals surface area contributed by atoms with E-state index in [1.54, 1.807) is 16.9 Å². The number of hydrogen-bond acceptors (Lipinski definition) is 4. The summed E-state index contributed by atoms with van der Waals surface area (Å²) in [5.41, 5.74) is 4.35. The predicted octanol–water partition coefficient (Wildman–Crippen LogP) is 3.97. The van der Waals surface area contributed by atoms with E-state index >= 15 is 0 Å². The fraction of sp³-hybridized carbons (Fsp3) is 0.182. The zero-order valence-electron chi connectivity index (χ0n) is 15.5. The SMILES string of the molecule is Cc1cc(N2C(=O)CCC2c2ccccc2)n2ncc(-c3ccccn3)c2n1. The van der Waals surface area contributed by atoms with Crippen molar-refractivity contribution in [2.24, 2.45) is 0 Å². The Kier molecular flexibility index (Phi) is 3.90. The molecule has 1 saturated heterocycles. The molecule has 1 amide bonds. The van der Waals surface area contributed by atoms with Crippen molar-refractivity contribution in [3.63, 3.8) is 0 Å². The second-order valence-corrected chi connectivity index (χ2v) is 6.99. The van der Waals surface area contributed by atoms with Gasteiger partial charge >= 0.3 is 0 Å². The smallest absolute Gasteiger partial charge is 0.228 e. The minimum atomic E-state index is 0.00111. The summed E-state index contributed by atoms with van der Waals surface area (Å²) in [6.07, 6.45) is 4.84. The summed E-state index contributed by atoms with van der Waals surface area (Å²) < 4.78 is 1.76. The molecule has 0 spiro atoms. The molecule has 3 aromatic heterocycles. The lowest BCUT2D eigenvalue weighted by Crippen LogP contribution is -2.29. The van der Waals surface area contributed by atoms with E-state index in [2.05, 4.69) is 27.2 Å². The number of aromatic nitrogens is 4. The van der Waals surface area contributed by atoms with E-state index in [0.29, 0.717) is 12.1 Å². The lowest BCUT2D eigenvalue weighted by atomic mass is 10.0. The molecular formula is C22H19N5O. The van der Waals surface area contributed by atoms with Crippen LogP contribution in [0, 0.1) is 6.92 Å². The molecule has 0 aliphatic carbocycles. The summed E-state index contributed by atoms with van der Waals surface area (Å²) in [5, 5.41) is 4.56. The Hall–Kier alpha value is -3.54. The van der Waals surface area contributed by atoms with E-state index in [1.807, 2.05) is 54.3 Å². The van der Waals surface area contributed by atoms with Crippen LogP contribution < -0.4 is 4.90 Å². The fourth-order valence-electron chi connectivity index (χ4n) is 3.90. The lowest BCUT2D eigenvalue weighted by molar-refractivity contribution is -0.117. The zero-order chi connectivity index (χ0) is 19.1. The molecule has 1 aliphatic rings. The summed E-state index contributed by atoms with van der Waals surface area (Å²) in [6.45, 7) is 1.94. The van der Waals surface area contributed by atoms with Gasteiger partial charge in [-0.2, -0.15) is 9.61 Å². The molecule has 4 heterocycles. The molecule has 6 heteroatoms. The molecule has 0 radical (unpaired) electrons. The van der Waals surface area contributed by atoms with E-state index < -0.39 is 0 Å². The van der Waals surface area contributed by atoms with Crippen LogP contribution in [0.5, 0.6) is 0 Å². The summed E-state index contributed by atoms with van der Waals surface area (Å²) in [6, 6.07) is 17.9. The van der Waals surface area contributed by atoms with E-state index in [4.69, 9.17) is 0 Å². The van der Waals surface area contributed by atoms with Crippen molar-refractivity contribution in [1.82, 2.24) is 19.6 Å². The first-order valence-electron chi connectivity index (χ1n) is 9.36. The van der Waals surface area contributed by atoms with Crippen LogP contribution in [0.3, 0.4) is 0 Å². The quantitative estimate of drug-likeness (QED) is 0.548. The molecule has 1 aromatic carbocycles. The number of nitrogens with zero attached hydrogens (tertiary/aromatic N) is 5. The first-order chi connectivity index (χ1) is 13.7.